The molecule has 0 amide bonds. The summed E-state index contributed by atoms with van der Waals surface area (Å²) in [6.45, 7) is 12.3. The van der Waals surface area contributed by atoms with Gasteiger partial charge in [0, 0.05) is 35.5 Å². The van der Waals surface area contributed by atoms with Crippen LogP contribution in [0, 0.1) is 28.6 Å². The standard InChI is InChI=1S/C29H39FO6/c1-7-24(33)35-16-23(32)29(36-25(34)8-2)18(4)14-21-20-10-9-19-13-17(3)11-12-26(19,5)28(20,30)22(31)15-27(21,29)6/h11-13,18,20-22,31H,3,7-10,14-16H2,1-2,4-6H3/t18-,20-,21-,22-,26-,27-,28-,29-/m0/s1. The highest BCUT2D eigenvalue weighted by molar-refractivity contribution is 5.93. The minimum absolute atomic E-state index is 0.0445. The van der Waals surface area contributed by atoms with Gasteiger partial charge in [-0.25, -0.2) is 4.39 Å². The number of alkyl halides is 1. The van der Waals surface area contributed by atoms with Crippen LogP contribution in [-0.4, -0.2) is 46.8 Å². The fourth-order valence-corrected chi connectivity index (χ4v) is 8.08. The molecule has 6 nitrogen and oxygen atoms in total. The molecule has 0 radical (unpaired) electrons. The first-order valence-electron chi connectivity index (χ1n) is 13.2. The number of rotatable bonds is 6. The molecular weight excluding hydrogens is 463 g/mol. The van der Waals surface area contributed by atoms with E-state index in [4.69, 9.17) is 9.47 Å². The van der Waals surface area contributed by atoms with Crippen LogP contribution in [0.3, 0.4) is 0 Å². The summed E-state index contributed by atoms with van der Waals surface area (Å²) in [5.74, 6) is -2.85. The zero-order valence-corrected chi connectivity index (χ0v) is 22.1. The highest BCUT2D eigenvalue weighted by atomic mass is 19.1. The minimum atomic E-state index is -1.94. The normalized spacial score (nSPS) is 43.1. The zero-order valence-electron chi connectivity index (χ0n) is 22.1. The van der Waals surface area contributed by atoms with Crippen molar-refractivity contribution >= 4 is 17.7 Å². The van der Waals surface area contributed by atoms with E-state index in [1.165, 1.54) is 0 Å². The van der Waals surface area contributed by atoms with E-state index < -0.39 is 64.4 Å². The molecule has 7 heteroatoms. The number of fused-ring (bicyclic) bond motifs is 5. The summed E-state index contributed by atoms with van der Waals surface area (Å²) in [5, 5.41) is 11.6. The Balaban J connectivity index is 1.80. The second-order valence-corrected chi connectivity index (χ2v) is 11.6. The van der Waals surface area contributed by atoms with E-state index in [1.54, 1.807) is 13.8 Å². The van der Waals surface area contributed by atoms with E-state index >= 15 is 4.39 Å². The SMILES string of the molecule is C=C1C=C[C@@]2(C)C(=C1)CC[C@H]1[C@@H]3C[C@H](C)[C@](OC(=O)CC)(C(=O)COC(=O)CC)[C@@]3(C)C[C@H](O)[C@@]12F. The average molecular weight is 503 g/mol. The summed E-state index contributed by atoms with van der Waals surface area (Å²) in [6.07, 6.45) is 5.96. The Bertz CT molecular complexity index is 1050. The Kier molecular flexibility index (Phi) is 6.64. The number of hydrogen-bond acceptors (Lipinski definition) is 6. The second-order valence-electron chi connectivity index (χ2n) is 11.6. The van der Waals surface area contributed by atoms with Crippen LogP contribution >= 0.6 is 0 Å². The molecule has 0 unspecified atom stereocenters. The molecular formula is C29H39FO6. The molecule has 198 valence electrons. The number of Topliss-reactive ketones (excluding diaryl/α,β-unsaturated/α-hetero) is 1. The number of carbonyl (C=O) groups excluding carboxylic acids is 3. The number of ether oxygens (including phenoxy) is 2. The van der Waals surface area contributed by atoms with Crippen LogP contribution in [0.25, 0.3) is 0 Å². The molecule has 0 spiro atoms. The molecule has 0 bridgehead atoms. The van der Waals surface area contributed by atoms with Crippen molar-refractivity contribution in [2.45, 2.75) is 90.5 Å². The molecule has 8 atom stereocenters. The Morgan fingerprint density at radius 1 is 1.17 bits per heavy atom. The van der Waals surface area contributed by atoms with Crippen LogP contribution in [-0.2, 0) is 23.9 Å². The van der Waals surface area contributed by atoms with E-state index in [0.29, 0.717) is 19.3 Å². The molecule has 0 aromatic rings. The molecule has 36 heavy (non-hydrogen) atoms. The molecule has 0 aromatic heterocycles. The first kappa shape index (κ1) is 26.8. The number of aliphatic hydroxyl groups is 1. The predicted octanol–water partition coefficient (Wildman–Crippen LogP) is 4.80. The third-order valence-corrected chi connectivity index (χ3v) is 9.90. The van der Waals surface area contributed by atoms with Gasteiger partial charge >= 0.3 is 11.9 Å². The van der Waals surface area contributed by atoms with Gasteiger partial charge in [-0.2, -0.15) is 0 Å². The van der Waals surface area contributed by atoms with Gasteiger partial charge in [-0.3, -0.25) is 14.4 Å². The molecule has 0 saturated heterocycles. The Morgan fingerprint density at radius 3 is 2.47 bits per heavy atom. The molecule has 0 aliphatic heterocycles. The van der Waals surface area contributed by atoms with Crippen LogP contribution in [0.4, 0.5) is 4.39 Å². The molecule has 1 N–H and O–H groups in total. The van der Waals surface area contributed by atoms with Crippen LogP contribution in [0.2, 0.25) is 0 Å². The lowest BCUT2D eigenvalue weighted by molar-refractivity contribution is -0.228. The van der Waals surface area contributed by atoms with Crippen molar-refractivity contribution in [1.29, 1.82) is 0 Å². The number of esters is 2. The maximum absolute atomic E-state index is 17.4. The van der Waals surface area contributed by atoms with Crippen molar-refractivity contribution in [3.8, 4) is 0 Å². The lowest BCUT2D eigenvalue weighted by atomic mass is 9.44. The third-order valence-electron chi connectivity index (χ3n) is 9.90. The molecule has 0 heterocycles. The van der Waals surface area contributed by atoms with Gasteiger partial charge in [-0.05, 0) is 44.1 Å². The maximum atomic E-state index is 17.4. The summed E-state index contributed by atoms with van der Waals surface area (Å²) in [6, 6.07) is 0. The number of allylic oxidation sites excluding steroid dienone is 5. The third kappa shape index (κ3) is 3.41. The van der Waals surface area contributed by atoms with Crippen molar-refractivity contribution < 1.29 is 33.4 Å². The monoisotopic (exact) mass is 502 g/mol. The summed E-state index contributed by atoms with van der Waals surface area (Å²) in [7, 11) is 0. The number of hydrogen-bond donors (Lipinski definition) is 1. The van der Waals surface area contributed by atoms with Gasteiger partial charge in [0.1, 0.15) is 0 Å². The average Bonchev–Trinajstić information content (AvgIpc) is 3.05. The van der Waals surface area contributed by atoms with Crippen molar-refractivity contribution in [3.63, 3.8) is 0 Å². The maximum Gasteiger partial charge on any atom is 0.306 e. The zero-order chi connectivity index (χ0) is 26.7. The highest BCUT2D eigenvalue weighted by Gasteiger charge is 2.77. The lowest BCUT2D eigenvalue weighted by Crippen LogP contribution is -2.70. The van der Waals surface area contributed by atoms with Crippen LogP contribution in [0.5, 0.6) is 0 Å². The first-order chi connectivity index (χ1) is 16.8. The van der Waals surface area contributed by atoms with Gasteiger partial charge in [-0.15, -0.1) is 0 Å². The van der Waals surface area contributed by atoms with Crippen molar-refractivity contribution in [3.05, 3.63) is 36.0 Å². The Morgan fingerprint density at radius 2 is 1.83 bits per heavy atom. The van der Waals surface area contributed by atoms with E-state index in [2.05, 4.69) is 6.58 Å². The fraction of sp³-hybridized carbons (Fsp3) is 0.690. The minimum Gasteiger partial charge on any atom is -0.457 e. The van der Waals surface area contributed by atoms with E-state index in [1.807, 2.05) is 39.0 Å². The van der Waals surface area contributed by atoms with Crippen molar-refractivity contribution in [2.24, 2.45) is 28.6 Å². The Labute approximate surface area is 213 Å². The van der Waals surface area contributed by atoms with Gasteiger partial charge in [0.25, 0.3) is 0 Å². The number of ketones is 1. The Hall–Kier alpha value is -2.28. The van der Waals surface area contributed by atoms with Crippen molar-refractivity contribution in [1.82, 2.24) is 0 Å². The van der Waals surface area contributed by atoms with Gasteiger partial charge in [-0.1, -0.05) is 58.1 Å². The molecule has 3 saturated carbocycles. The topological polar surface area (TPSA) is 89.9 Å². The van der Waals surface area contributed by atoms with Crippen LogP contribution in [0.15, 0.2) is 36.0 Å². The number of halogens is 1. The van der Waals surface area contributed by atoms with Gasteiger partial charge in [0.2, 0.25) is 5.78 Å². The van der Waals surface area contributed by atoms with Crippen LogP contribution < -0.4 is 0 Å². The van der Waals surface area contributed by atoms with Gasteiger partial charge < -0.3 is 14.6 Å². The molecule has 4 aliphatic carbocycles. The quantitative estimate of drug-likeness (QED) is 0.525. The molecule has 4 aliphatic rings. The summed E-state index contributed by atoms with van der Waals surface area (Å²) in [4.78, 5) is 38.4. The van der Waals surface area contributed by atoms with Gasteiger partial charge in [0.05, 0.1) is 6.10 Å². The van der Waals surface area contributed by atoms with Gasteiger partial charge in [0.15, 0.2) is 17.9 Å². The highest BCUT2D eigenvalue weighted by Crippen LogP contribution is 2.71. The van der Waals surface area contributed by atoms with Crippen LogP contribution in [0.1, 0.15) is 73.1 Å². The van der Waals surface area contributed by atoms with E-state index in [0.717, 1.165) is 11.1 Å². The number of aliphatic hydroxyl groups excluding tert-OH is 1. The predicted molar refractivity (Wildman–Crippen MR) is 132 cm³/mol. The smallest absolute Gasteiger partial charge is 0.306 e. The first-order valence-corrected chi connectivity index (χ1v) is 13.2. The number of carbonyl (C=O) groups is 3. The fourth-order valence-electron chi connectivity index (χ4n) is 8.08. The molecule has 4 rings (SSSR count). The molecule has 0 aromatic carbocycles. The summed E-state index contributed by atoms with van der Waals surface area (Å²) in [5.41, 5.74) is -3.84. The summed E-state index contributed by atoms with van der Waals surface area (Å²) < 4.78 is 28.6. The second kappa shape index (κ2) is 8.93. The van der Waals surface area contributed by atoms with Crippen molar-refractivity contribution in [2.75, 3.05) is 6.61 Å². The lowest BCUT2D eigenvalue weighted by Gasteiger charge is -2.63. The largest absolute Gasteiger partial charge is 0.457 e. The van der Waals surface area contributed by atoms with E-state index in [9.17, 15) is 19.5 Å². The molecule has 3 fully saturated rings. The summed E-state index contributed by atoms with van der Waals surface area (Å²) >= 11 is 0. The van der Waals surface area contributed by atoms with E-state index in [-0.39, 0.29) is 25.2 Å².